The number of hydrogen-bond donors (Lipinski definition) is 1. The first-order valence-corrected chi connectivity index (χ1v) is 12.3. The van der Waals surface area contributed by atoms with E-state index in [-0.39, 0.29) is 11.3 Å². The number of carbonyl (C=O) groups is 1. The SMILES string of the molecule is C[C@@]1(Cc2cc(-c3ccc(C(F)(F)F)cc3)ncn2)CCCN1S(=O)(=O)c1ccc(F)cc1.NC=O. The lowest BCUT2D eigenvalue weighted by Crippen LogP contribution is -2.46. The Bertz CT molecular complexity index is 1300. The first-order chi connectivity index (χ1) is 16.9. The van der Waals surface area contributed by atoms with E-state index in [0.29, 0.717) is 42.8 Å². The summed E-state index contributed by atoms with van der Waals surface area (Å²) < 4.78 is 79.7. The van der Waals surface area contributed by atoms with E-state index in [4.69, 9.17) is 4.79 Å². The van der Waals surface area contributed by atoms with E-state index in [0.717, 1.165) is 24.3 Å². The Morgan fingerprint density at radius 2 is 1.69 bits per heavy atom. The Morgan fingerprint density at radius 3 is 2.28 bits per heavy atom. The number of halogens is 4. The average Bonchev–Trinajstić information content (AvgIpc) is 3.21. The lowest BCUT2D eigenvalue weighted by atomic mass is 9.93. The number of rotatable bonds is 5. The Labute approximate surface area is 206 Å². The zero-order valence-corrected chi connectivity index (χ0v) is 20.1. The zero-order valence-electron chi connectivity index (χ0n) is 19.2. The molecule has 0 spiro atoms. The third kappa shape index (κ3) is 6.05. The summed E-state index contributed by atoms with van der Waals surface area (Å²) in [5.74, 6) is -0.519. The van der Waals surface area contributed by atoms with Gasteiger partial charge >= 0.3 is 6.18 Å². The minimum absolute atomic E-state index is 0.0187. The fourth-order valence-corrected chi connectivity index (χ4v) is 6.03. The van der Waals surface area contributed by atoms with Gasteiger partial charge in [-0.25, -0.2) is 22.8 Å². The van der Waals surface area contributed by atoms with E-state index in [1.54, 1.807) is 6.07 Å². The molecular weight excluding hydrogens is 500 g/mol. The quantitative estimate of drug-likeness (QED) is 0.398. The second kappa shape index (κ2) is 10.7. The third-order valence-corrected chi connectivity index (χ3v) is 7.95. The topological polar surface area (TPSA) is 106 Å². The molecule has 7 nitrogen and oxygen atoms in total. The zero-order chi connectivity index (χ0) is 26.6. The number of nitrogens with zero attached hydrogens (tertiary/aromatic N) is 3. The molecule has 1 fully saturated rings. The molecule has 12 heteroatoms. The molecule has 1 aromatic heterocycles. The molecule has 2 heterocycles. The fourth-order valence-electron chi connectivity index (χ4n) is 4.19. The first kappa shape index (κ1) is 27.2. The van der Waals surface area contributed by atoms with E-state index < -0.39 is 33.1 Å². The molecule has 0 saturated carbocycles. The molecule has 0 bridgehead atoms. The number of carbonyl (C=O) groups excluding carboxylic acids is 1. The Kier molecular flexibility index (Phi) is 8.09. The summed E-state index contributed by atoms with van der Waals surface area (Å²) in [6.45, 7) is 2.16. The van der Waals surface area contributed by atoms with Gasteiger partial charge in [0.05, 0.1) is 16.2 Å². The van der Waals surface area contributed by atoms with Gasteiger partial charge in [-0.1, -0.05) is 12.1 Å². The van der Waals surface area contributed by atoms with Crippen molar-refractivity contribution < 1.29 is 30.8 Å². The molecule has 3 aromatic rings. The second-order valence-electron chi connectivity index (χ2n) is 8.41. The fraction of sp³-hybridized carbons (Fsp3) is 0.292. The molecule has 1 atom stereocenters. The summed E-state index contributed by atoms with van der Waals surface area (Å²) in [5.41, 5.74) is 4.17. The Balaban J connectivity index is 0.00000115. The molecule has 36 heavy (non-hydrogen) atoms. The van der Waals surface area contributed by atoms with Crippen molar-refractivity contribution in [3.8, 4) is 11.3 Å². The third-order valence-electron chi connectivity index (χ3n) is 5.87. The number of nitrogens with two attached hydrogens (primary N) is 1. The molecule has 4 rings (SSSR count). The standard InChI is InChI=1S/C23H21F4N3O2S.CH3NO/c1-22(11-2-12-30(22)33(31,32)20-9-7-18(24)8-10-20)14-19-13-21(29-15-28-19)16-3-5-17(6-4-16)23(25,26)27;2-1-3/h3-10,13,15H,2,11-12,14H2,1H3;1H,(H2,2,3)/t22-;/m0./s1. The van der Waals surface area contributed by atoms with E-state index >= 15 is 0 Å². The second-order valence-corrected chi connectivity index (χ2v) is 10.3. The molecular formula is C24H24F4N4O3S. The monoisotopic (exact) mass is 524 g/mol. The molecule has 1 aliphatic rings. The molecule has 0 aliphatic carbocycles. The molecule has 1 saturated heterocycles. The summed E-state index contributed by atoms with van der Waals surface area (Å²) in [4.78, 5) is 17.0. The summed E-state index contributed by atoms with van der Waals surface area (Å²) in [7, 11) is -3.85. The summed E-state index contributed by atoms with van der Waals surface area (Å²) in [6.07, 6.45) is -1.30. The number of amides is 1. The highest BCUT2D eigenvalue weighted by molar-refractivity contribution is 7.89. The van der Waals surface area contributed by atoms with E-state index in [1.807, 2.05) is 6.92 Å². The van der Waals surface area contributed by atoms with Crippen molar-refractivity contribution in [1.82, 2.24) is 14.3 Å². The van der Waals surface area contributed by atoms with Gasteiger partial charge in [-0.05, 0) is 62.2 Å². The summed E-state index contributed by atoms with van der Waals surface area (Å²) in [6, 6.07) is 11.1. The van der Waals surface area contributed by atoms with Crippen molar-refractivity contribution in [1.29, 1.82) is 0 Å². The van der Waals surface area contributed by atoms with Gasteiger partial charge in [0, 0.05) is 29.8 Å². The van der Waals surface area contributed by atoms with Gasteiger partial charge in [-0.15, -0.1) is 0 Å². The molecule has 192 valence electrons. The highest BCUT2D eigenvalue weighted by Crippen LogP contribution is 2.37. The van der Waals surface area contributed by atoms with Gasteiger partial charge in [0.2, 0.25) is 16.4 Å². The van der Waals surface area contributed by atoms with Crippen LogP contribution in [0.25, 0.3) is 11.3 Å². The van der Waals surface area contributed by atoms with E-state index in [9.17, 15) is 26.0 Å². The predicted molar refractivity (Wildman–Crippen MR) is 124 cm³/mol. The maximum absolute atomic E-state index is 13.3. The normalized spacial score (nSPS) is 18.4. The van der Waals surface area contributed by atoms with Crippen LogP contribution in [-0.2, 0) is 27.4 Å². The Morgan fingerprint density at radius 1 is 1.08 bits per heavy atom. The number of hydrogen-bond acceptors (Lipinski definition) is 5. The van der Waals surface area contributed by atoms with Crippen LogP contribution >= 0.6 is 0 Å². The smallest absolute Gasteiger partial charge is 0.372 e. The minimum Gasteiger partial charge on any atom is -0.372 e. The van der Waals surface area contributed by atoms with Gasteiger partial charge in [0.25, 0.3) is 0 Å². The van der Waals surface area contributed by atoms with Crippen LogP contribution in [0.15, 0.2) is 65.8 Å². The van der Waals surface area contributed by atoms with Gasteiger partial charge in [-0.2, -0.15) is 17.5 Å². The van der Waals surface area contributed by atoms with Crippen molar-refractivity contribution >= 4 is 16.4 Å². The molecule has 0 unspecified atom stereocenters. The lowest BCUT2D eigenvalue weighted by Gasteiger charge is -2.34. The summed E-state index contributed by atoms with van der Waals surface area (Å²) in [5, 5.41) is 0. The van der Waals surface area contributed by atoms with Crippen molar-refractivity contribution in [2.75, 3.05) is 6.54 Å². The van der Waals surface area contributed by atoms with Gasteiger partial charge in [-0.3, -0.25) is 4.79 Å². The van der Waals surface area contributed by atoms with E-state index in [1.165, 1.54) is 34.9 Å². The van der Waals surface area contributed by atoms with Gasteiger partial charge < -0.3 is 5.73 Å². The van der Waals surface area contributed by atoms with Crippen molar-refractivity contribution in [2.45, 2.75) is 42.8 Å². The molecule has 1 amide bonds. The van der Waals surface area contributed by atoms with Crippen LogP contribution in [0.5, 0.6) is 0 Å². The van der Waals surface area contributed by atoms with Crippen LogP contribution in [0.3, 0.4) is 0 Å². The molecule has 0 radical (unpaired) electrons. The van der Waals surface area contributed by atoms with E-state index in [2.05, 4.69) is 15.7 Å². The molecule has 1 aliphatic heterocycles. The minimum atomic E-state index is -4.42. The van der Waals surface area contributed by atoms with Crippen LogP contribution < -0.4 is 5.73 Å². The van der Waals surface area contributed by atoms with Gasteiger partial charge in [0.1, 0.15) is 12.1 Å². The number of aromatic nitrogens is 2. The maximum atomic E-state index is 13.3. The largest absolute Gasteiger partial charge is 0.416 e. The number of primary amides is 1. The number of alkyl halides is 3. The molecule has 2 aromatic carbocycles. The van der Waals surface area contributed by atoms with Crippen molar-refractivity contribution in [3.63, 3.8) is 0 Å². The predicted octanol–water partition coefficient (Wildman–Crippen LogP) is 4.19. The number of sulfonamides is 1. The van der Waals surface area contributed by atoms with Crippen LogP contribution in [0.4, 0.5) is 17.6 Å². The lowest BCUT2D eigenvalue weighted by molar-refractivity contribution is -0.137. The highest BCUT2D eigenvalue weighted by atomic mass is 32.2. The van der Waals surface area contributed by atoms with Gasteiger partial charge in [0.15, 0.2) is 0 Å². The van der Waals surface area contributed by atoms with Crippen molar-refractivity contribution in [2.24, 2.45) is 5.73 Å². The van der Waals surface area contributed by atoms with Crippen LogP contribution in [0.1, 0.15) is 31.0 Å². The van der Waals surface area contributed by atoms with Crippen LogP contribution in [-0.4, -0.2) is 41.2 Å². The average molecular weight is 525 g/mol. The first-order valence-electron chi connectivity index (χ1n) is 10.8. The number of benzene rings is 2. The maximum Gasteiger partial charge on any atom is 0.416 e. The van der Waals surface area contributed by atoms with Crippen LogP contribution in [0, 0.1) is 5.82 Å². The summed E-state index contributed by atoms with van der Waals surface area (Å²) >= 11 is 0. The highest BCUT2D eigenvalue weighted by Gasteiger charge is 2.44. The molecule has 2 N–H and O–H groups in total. The van der Waals surface area contributed by atoms with Crippen molar-refractivity contribution in [3.05, 3.63) is 78.0 Å². The van der Waals surface area contributed by atoms with Crippen LogP contribution in [0.2, 0.25) is 0 Å². The Hall–Kier alpha value is -3.38.